The molecule has 1 aliphatic rings. The molecule has 14 heavy (non-hydrogen) atoms. The van der Waals surface area contributed by atoms with Crippen LogP contribution in [0.5, 0.6) is 0 Å². The zero-order chi connectivity index (χ0) is 10.2. The van der Waals surface area contributed by atoms with Gasteiger partial charge in [-0.3, -0.25) is 0 Å². The minimum absolute atomic E-state index is 0.276. The van der Waals surface area contributed by atoms with Gasteiger partial charge in [-0.1, -0.05) is 6.08 Å². The molecule has 1 saturated heterocycles. The third kappa shape index (κ3) is 4.74. The standard InChI is InChI=1S/C11H21NO2/c1-3-6-12-9-10(2)14-11-4-7-13-8-5-11/h3,10-12H,1,4-9H2,2H3. The van der Waals surface area contributed by atoms with Crippen LogP contribution >= 0.6 is 0 Å². The summed E-state index contributed by atoms with van der Waals surface area (Å²) in [5.41, 5.74) is 0. The fraction of sp³-hybridized carbons (Fsp3) is 0.818. The van der Waals surface area contributed by atoms with Gasteiger partial charge in [-0.05, 0) is 19.8 Å². The third-order valence-electron chi connectivity index (χ3n) is 2.31. The van der Waals surface area contributed by atoms with Crippen molar-refractivity contribution in [2.24, 2.45) is 0 Å². The van der Waals surface area contributed by atoms with Gasteiger partial charge < -0.3 is 14.8 Å². The van der Waals surface area contributed by atoms with E-state index in [-0.39, 0.29) is 6.10 Å². The first-order valence-electron chi connectivity index (χ1n) is 5.37. The molecule has 1 atom stereocenters. The molecule has 3 heteroatoms. The Morgan fingerprint density at radius 2 is 2.29 bits per heavy atom. The Balaban J connectivity index is 2.05. The molecular weight excluding hydrogens is 178 g/mol. The highest BCUT2D eigenvalue weighted by Crippen LogP contribution is 2.12. The van der Waals surface area contributed by atoms with Crippen molar-refractivity contribution >= 4 is 0 Å². The predicted octanol–water partition coefficient (Wildman–Crippen LogP) is 1.35. The van der Waals surface area contributed by atoms with Crippen molar-refractivity contribution < 1.29 is 9.47 Å². The summed E-state index contributed by atoms with van der Waals surface area (Å²) < 4.78 is 11.1. The molecule has 1 unspecified atom stereocenters. The molecule has 0 aromatic carbocycles. The second kappa shape index (κ2) is 6.98. The molecule has 0 amide bonds. The first kappa shape index (κ1) is 11.7. The maximum atomic E-state index is 5.86. The maximum Gasteiger partial charge on any atom is 0.0675 e. The average Bonchev–Trinajstić information content (AvgIpc) is 2.20. The van der Waals surface area contributed by atoms with Crippen molar-refractivity contribution in [1.82, 2.24) is 5.32 Å². The minimum Gasteiger partial charge on any atom is -0.381 e. The van der Waals surface area contributed by atoms with Gasteiger partial charge in [0.15, 0.2) is 0 Å². The van der Waals surface area contributed by atoms with Crippen molar-refractivity contribution in [2.45, 2.75) is 32.0 Å². The van der Waals surface area contributed by atoms with Gasteiger partial charge in [-0.15, -0.1) is 6.58 Å². The third-order valence-corrected chi connectivity index (χ3v) is 2.31. The van der Waals surface area contributed by atoms with Crippen LogP contribution in [-0.4, -0.2) is 38.5 Å². The molecule has 0 saturated carbocycles. The van der Waals surface area contributed by atoms with Gasteiger partial charge in [0, 0.05) is 26.3 Å². The van der Waals surface area contributed by atoms with E-state index in [4.69, 9.17) is 9.47 Å². The van der Waals surface area contributed by atoms with Crippen LogP contribution in [0.1, 0.15) is 19.8 Å². The second-order valence-electron chi connectivity index (χ2n) is 3.71. The fourth-order valence-corrected chi connectivity index (χ4v) is 1.58. The molecule has 0 bridgehead atoms. The molecule has 1 N–H and O–H groups in total. The average molecular weight is 199 g/mol. The highest BCUT2D eigenvalue weighted by atomic mass is 16.5. The van der Waals surface area contributed by atoms with Crippen molar-refractivity contribution in [2.75, 3.05) is 26.3 Å². The Bertz CT molecular complexity index is 155. The summed E-state index contributed by atoms with van der Waals surface area (Å²) in [4.78, 5) is 0. The lowest BCUT2D eigenvalue weighted by molar-refractivity contribution is -0.0610. The fourth-order valence-electron chi connectivity index (χ4n) is 1.58. The lowest BCUT2D eigenvalue weighted by Crippen LogP contribution is -2.33. The van der Waals surface area contributed by atoms with Crippen molar-refractivity contribution in [3.63, 3.8) is 0 Å². The zero-order valence-electron chi connectivity index (χ0n) is 9.00. The summed E-state index contributed by atoms with van der Waals surface area (Å²) in [6, 6.07) is 0. The van der Waals surface area contributed by atoms with Gasteiger partial charge in [0.2, 0.25) is 0 Å². The Morgan fingerprint density at radius 3 is 2.93 bits per heavy atom. The lowest BCUT2D eigenvalue weighted by atomic mass is 10.1. The van der Waals surface area contributed by atoms with Gasteiger partial charge in [0.05, 0.1) is 12.2 Å². The number of rotatable bonds is 6. The Morgan fingerprint density at radius 1 is 1.57 bits per heavy atom. The summed E-state index contributed by atoms with van der Waals surface area (Å²) in [6.07, 6.45) is 4.60. The van der Waals surface area contributed by atoms with E-state index in [2.05, 4.69) is 18.8 Å². The lowest BCUT2D eigenvalue weighted by Gasteiger charge is -2.26. The number of ether oxygens (including phenoxy) is 2. The topological polar surface area (TPSA) is 30.5 Å². The smallest absolute Gasteiger partial charge is 0.0675 e. The molecule has 0 radical (unpaired) electrons. The largest absolute Gasteiger partial charge is 0.381 e. The molecule has 0 aromatic heterocycles. The van der Waals surface area contributed by atoms with E-state index in [0.29, 0.717) is 6.10 Å². The molecule has 1 rings (SSSR count). The highest BCUT2D eigenvalue weighted by Gasteiger charge is 2.16. The normalized spacial score (nSPS) is 20.6. The quantitative estimate of drug-likeness (QED) is 0.517. The van der Waals surface area contributed by atoms with Gasteiger partial charge in [0.25, 0.3) is 0 Å². The Kier molecular flexibility index (Phi) is 5.83. The van der Waals surface area contributed by atoms with Crippen LogP contribution < -0.4 is 5.32 Å². The summed E-state index contributed by atoms with van der Waals surface area (Å²) in [5.74, 6) is 0. The number of hydrogen-bond acceptors (Lipinski definition) is 3. The van der Waals surface area contributed by atoms with Crippen molar-refractivity contribution in [1.29, 1.82) is 0 Å². The van der Waals surface area contributed by atoms with Crippen molar-refractivity contribution in [3.05, 3.63) is 12.7 Å². The molecule has 82 valence electrons. The molecule has 1 heterocycles. The zero-order valence-corrected chi connectivity index (χ0v) is 9.00. The SMILES string of the molecule is C=CCNCC(C)OC1CCOCC1. The molecule has 0 aliphatic carbocycles. The van der Waals surface area contributed by atoms with E-state index in [1.165, 1.54) is 0 Å². The van der Waals surface area contributed by atoms with Gasteiger partial charge in [-0.25, -0.2) is 0 Å². The molecule has 0 aromatic rings. The number of nitrogens with one attached hydrogen (secondary N) is 1. The van der Waals surface area contributed by atoms with Crippen LogP contribution in [0, 0.1) is 0 Å². The van der Waals surface area contributed by atoms with E-state index < -0.39 is 0 Å². The summed E-state index contributed by atoms with van der Waals surface area (Å²) >= 11 is 0. The molecular formula is C11H21NO2. The predicted molar refractivity (Wildman–Crippen MR) is 57.5 cm³/mol. The van der Waals surface area contributed by atoms with Crippen molar-refractivity contribution in [3.8, 4) is 0 Å². The first-order chi connectivity index (χ1) is 6.83. The second-order valence-corrected chi connectivity index (χ2v) is 3.71. The van der Waals surface area contributed by atoms with E-state index >= 15 is 0 Å². The van der Waals surface area contributed by atoms with Crippen LogP contribution in [0.2, 0.25) is 0 Å². The van der Waals surface area contributed by atoms with E-state index in [1.54, 1.807) is 0 Å². The van der Waals surface area contributed by atoms with Gasteiger partial charge in [-0.2, -0.15) is 0 Å². The first-order valence-corrected chi connectivity index (χ1v) is 5.37. The van der Waals surface area contributed by atoms with Gasteiger partial charge in [0.1, 0.15) is 0 Å². The summed E-state index contributed by atoms with van der Waals surface area (Å²) in [7, 11) is 0. The highest BCUT2D eigenvalue weighted by molar-refractivity contribution is 4.71. The molecule has 1 fully saturated rings. The summed E-state index contributed by atoms with van der Waals surface area (Å²) in [6.45, 7) is 9.19. The van der Waals surface area contributed by atoms with E-state index in [1.807, 2.05) is 6.08 Å². The molecule has 3 nitrogen and oxygen atoms in total. The van der Waals surface area contributed by atoms with Crippen LogP contribution in [0.4, 0.5) is 0 Å². The molecule has 1 aliphatic heterocycles. The van der Waals surface area contributed by atoms with Crippen LogP contribution in [0.25, 0.3) is 0 Å². The van der Waals surface area contributed by atoms with Crippen LogP contribution in [0.3, 0.4) is 0 Å². The van der Waals surface area contributed by atoms with E-state index in [9.17, 15) is 0 Å². The van der Waals surface area contributed by atoms with Crippen LogP contribution in [0.15, 0.2) is 12.7 Å². The maximum absolute atomic E-state index is 5.86. The number of hydrogen-bond donors (Lipinski definition) is 1. The van der Waals surface area contributed by atoms with Gasteiger partial charge >= 0.3 is 0 Å². The molecule has 0 spiro atoms. The van der Waals surface area contributed by atoms with Crippen LogP contribution in [-0.2, 0) is 9.47 Å². The van der Waals surface area contributed by atoms with E-state index in [0.717, 1.165) is 39.1 Å². The Hall–Kier alpha value is -0.380. The monoisotopic (exact) mass is 199 g/mol. The summed E-state index contributed by atoms with van der Waals surface area (Å²) in [5, 5.41) is 3.25. The minimum atomic E-state index is 0.276. The Labute approximate surface area is 86.5 Å².